The number of rotatable bonds is 3. The number of hydrogen-bond donors (Lipinski definition) is 0. The van der Waals surface area contributed by atoms with E-state index in [4.69, 9.17) is 4.42 Å². The van der Waals surface area contributed by atoms with Crippen molar-refractivity contribution in [3.05, 3.63) is 45.6 Å². The van der Waals surface area contributed by atoms with Crippen molar-refractivity contribution in [3.63, 3.8) is 0 Å². The van der Waals surface area contributed by atoms with Gasteiger partial charge < -0.3 is 9.32 Å². The molecule has 0 aliphatic carbocycles. The van der Waals surface area contributed by atoms with Crippen LogP contribution in [-0.2, 0) is 0 Å². The number of hydrogen-bond acceptors (Lipinski definition) is 5. The second-order valence-corrected chi connectivity index (χ2v) is 7.43. The molecule has 0 atom stereocenters. The van der Waals surface area contributed by atoms with Crippen molar-refractivity contribution in [1.29, 1.82) is 0 Å². The van der Waals surface area contributed by atoms with Gasteiger partial charge in [-0.15, -0.1) is 11.3 Å². The monoisotopic (exact) mass is 356 g/mol. The summed E-state index contributed by atoms with van der Waals surface area (Å²) in [6.07, 6.45) is 1.13. The molecule has 1 fully saturated rings. The zero-order valence-electron chi connectivity index (χ0n) is 14.2. The largest absolute Gasteiger partial charge is 0.422 e. The van der Waals surface area contributed by atoms with Gasteiger partial charge in [-0.1, -0.05) is 19.1 Å². The number of fused-ring (bicyclic) bond motifs is 3. The maximum absolute atomic E-state index is 12.9. The summed E-state index contributed by atoms with van der Waals surface area (Å²) in [6, 6.07) is 9.15. The van der Waals surface area contributed by atoms with Gasteiger partial charge in [0.1, 0.15) is 5.58 Å². The van der Waals surface area contributed by atoms with Gasteiger partial charge in [-0.25, -0.2) is 4.79 Å². The van der Waals surface area contributed by atoms with Crippen molar-refractivity contribution in [1.82, 2.24) is 9.80 Å². The van der Waals surface area contributed by atoms with E-state index in [1.165, 1.54) is 11.3 Å². The molecule has 1 aromatic carbocycles. The van der Waals surface area contributed by atoms with Crippen molar-refractivity contribution in [2.24, 2.45) is 0 Å². The molecule has 0 unspecified atom stereocenters. The standard InChI is InChI=1S/C19H20N2O3S/c1-2-7-20-8-10-21(11-9-20)18(22)16-12-14-17(25-16)13-5-3-4-6-15(13)24-19(14)23/h3-6,12H,2,7-11H2,1H3. The lowest BCUT2D eigenvalue weighted by atomic mass is 10.2. The predicted octanol–water partition coefficient (Wildman–Crippen LogP) is 3.18. The zero-order chi connectivity index (χ0) is 17.4. The van der Waals surface area contributed by atoms with Gasteiger partial charge in [-0.05, 0) is 31.2 Å². The van der Waals surface area contributed by atoms with E-state index in [2.05, 4.69) is 11.8 Å². The van der Waals surface area contributed by atoms with E-state index in [0.717, 1.165) is 49.2 Å². The minimum atomic E-state index is -0.378. The fourth-order valence-corrected chi connectivity index (χ4v) is 4.54. The van der Waals surface area contributed by atoms with Gasteiger partial charge in [-0.3, -0.25) is 9.69 Å². The first kappa shape index (κ1) is 16.3. The summed E-state index contributed by atoms with van der Waals surface area (Å²) in [6.45, 7) is 6.55. The number of amides is 1. The maximum atomic E-state index is 12.9. The molecule has 1 aliphatic heterocycles. The van der Waals surface area contributed by atoms with Crippen molar-refractivity contribution in [2.75, 3.05) is 32.7 Å². The summed E-state index contributed by atoms with van der Waals surface area (Å²) in [5.74, 6) is 0.0147. The number of para-hydroxylation sites is 1. The summed E-state index contributed by atoms with van der Waals surface area (Å²) in [4.78, 5) is 30.0. The highest BCUT2D eigenvalue weighted by Gasteiger charge is 2.24. The quantitative estimate of drug-likeness (QED) is 0.677. The first-order valence-corrected chi connectivity index (χ1v) is 9.46. The number of carbonyl (C=O) groups is 1. The molecule has 1 saturated heterocycles. The number of benzene rings is 1. The van der Waals surface area contributed by atoms with Crippen LogP contribution in [0, 0.1) is 0 Å². The minimum absolute atomic E-state index is 0.0147. The Hall–Kier alpha value is -2.18. The van der Waals surface area contributed by atoms with Crippen molar-refractivity contribution < 1.29 is 9.21 Å². The molecular weight excluding hydrogens is 336 g/mol. The molecule has 1 aliphatic rings. The third kappa shape index (κ3) is 2.96. The molecule has 130 valence electrons. The highest BCUT2D eigenvalue weighted by atomic mass is 32.1. The molecule has 0 spiro atoms. The average molecular weight is 356 g/mol. The van der Waals surface area contributed by atoms with Crippen LogP contribution in [0.3, 0.4) is 0 Å². The molecule has 3 heterocycles. The van der Waals surface area contributed by atoms with E-state index in [1.54, 1.807) is 12.1 Å². The average Bonchev–Trinajstić information content (AvgIpc) is 3.08. The topological polar surface area (TPSA) is 53.8 Å². The third-order valence-electron chi connectivity index (χ3n) is 4.70. The number of thiophene rings is 1. The van der Waals surface area contributed by atoms with Crippen LogP contribution in [0.4, 0.5) is 0 Å². The van der Waals surface area contributed by atoms with E-state index < -0.39 is 0 Å². The molecular formula is C19H20N2O3S. The molecule has 0 bridgehead atoms. The fraction of sp³-hybridized carbons (Fsp3) is 0.368. The van der Waals surface area contributed by atoms with Crippen LogP contribution in [0.25, 0.3) is 21.1 Å². The normalized spacial score (nSPS) is 16.0. The Morgan fingerprint density at radius 3 is 2.68 bits per heavy atom. The van der Waals surface area contributed by atoms with Crippen LogP contribution in [0.2, 0.25) is 0 Å². The summed E-state index contributed by atoms with van der Waals surface area (Å²) in [7, 11) is 0. The second-order valence-electron chi connectivity index (χ2n) is 6.37. The lowest BCUT2D eigenvalue weighted by molar-refractivity contribution is 0.0642. The molecule has 0 saturated carbocycles. The molecule has 4 rings (SSSR count). The zero-order valence-corrected chi connectivity index (χ0v) is 15.0. The van der Waals surface area contributed by atoms with Gasteiger partial charge in [0.15, 0.2) is 0 Å². The van der Waals surface area contributed by atoms with Gasteiger partial charge in [0.05, 0.1) is 15.0 Å². The highest BCUT2D eigenvalue weighted by Crippen LogP contribution is 2.31. The summed E-state index contributed by atoms with van der Waals surface area (Å²) >= 11 is 1.39. The Balaban J connectivity index is 1.66. The third-order valence-corrected chi connectivity index (χ3v) is 5.85. The van der Waals surface area contributed by atoms with Crippen LogP contribution in [0.15, 0.2) is 39.5 Å². The van der Waals surface area contributed by atoms with Crippen molar-refractivity contribution >= 4 is 38.3 Å². The van der Waals surface area contributed by atoms with Crippen LogP contribution >= 0.6 is 11.3 Å². The smallest absolute Gasteiger partial charge is 0.345 e. The lowest BCUT2D eigenvalue weighted by Gasteiger charge is -2.34. The summed E-state index contributed by atoms with van der Waals surface area (Å²) in [5.41, 5.74) is 0.186. The highest BCUT2D eigenvalue weighted by molar-refractivity contribution is 7.21. The molecule has 5 nitrogen and oxygen atoms in total. The van der Waals surface area contributed by atoms with Gasteiger partial charge in [0.2, 0.25) is 0 Å². The second kappa shape index (κ2) is 6.61. The number of nitrogens with zero attached hydrogens (tertiary/aromatic N) is 2. The molecule has 6 heteroatoms. The van der Waals surface area contributed by atoms with E-state index >= 15 is 0 Å². The first-order chi connectivity index (χ1) is 12.2. The molecule has 25 heavy (non-hydrogen) atoms. The summed E-state index contributed by atoms with van der Waals surface area (Å²) < 4.78 is 6.21. The number of piperazine rings is 1. The van der Waals surface area contributed by atoms with Gasteiger partial charge in [-0.2, -0.15) is 0 Å². The fourth-order valence-electron chi connectivity index (χ4n) is 3.39. The minimum Gasteiger partial charge on any atom is -0.422 e. The van der Waals surface area contributed by atoms with Gasteiger partial charge >= 0.3 is 5.63 Å². The Labute approximate surface area is 149 Å². The summed E-state index contributed by atoms with van der Waals surface area (Å²) in [5, 5.41) is 1.38. The maximum Gasteiger partial charge on any atom is 0.345 e. The SMILES string of the molecule is CCCN1CCN(C(=O)c2cc3c(=O)oc4ccccc4c3s2)CC1. The van der Waals surface area contributed by atoms with Crippen molar-refractivity contribution in [3.8, 4) is 0 Å². The molecule has 1 amide bonds. The first-order valence-electron chi connectivity index (χ1n) is 8.64. The van der Waals surface area contributed by atoms with Crippen LogP contribution in [-0.4, -0.2) is 48.4 Å². The molecule has 0 N–H and O–H groups in total. The van der Waals surface area contributed by atoms with Crippen molar-refractivity contribution in [2.45, 2.75) is 13.3 Å². The van der Waals surface area contributed by atoms with Crippen LogP contribution < -0.4 is 5.63 Å². The van der Waals surface area contributed by atoms with Gasteiger partial charge in [0, 0.05) is 31.6 Å². The van der Waals surface area contributed by atoms with E-state index in [-0.39, 0.29) is 11.5 Å². The van der Waals surface area contributed by atoms with E-state index in [0.29, 0.717) is 15.8 Å². The van der Waals surface area contributed by atoms with Gasteiger partial charge in [0.25, 0.3) is 5.91 Å². The molecule has 3 aromatic rings. The Morgan fingerprint density at radius 1 is 1.16 bits per heavy atom. The predicted molar refractivity (Wildman–Crippen MR) is 101 cm³/mol. The number of carbonyl (C=O) groups excluding carboxylic acids is 1. The Morgan fingerprint density at radius 2 is 1.92 bits per heavy atom. The van der Waals surface area contributed by atoms with E-state index in [9.17, 15) is 9.59 Å². The van der Waals surface area contributed by atoms with Crippen LogP contribution in [0.1, 0.15) is 23.0 Å². The lowest BCUT2D eigenvalue weighted by Crippen LogP contribution is -2.48. The Kier molecular flexibility index (Phi) is 4.31. The molecule has 2 aromatic heterocycles. The molecule has 0 radical (unpaired) electrons. The van der Waals surface area contributed by atoms with E-state index in [1.807, 2.05) is 23.1 Å². The van der Waals surface area contributed by atoms with Crippen LogP contribution in [0.5, 0.6) is 0 Å². The Bertz CT molecular complexity index is 983.